The van der Waals surface area contributed by atoms with Crippen molar-refractivity contribution in [3.63, 3.8) is 0 Å². The second kappa shape index (κ2) is 7.15. The fraction of sp³-hybridized carbons (Fsp3) is 0.333. The standard InChI is InChI=1S/C18H16ClF3N2O2/c1-10(14-8-15(14)11-3-5-13(25-2)6-4-11)24-26-17-16(19)7-12(9-23-17)18(20,21)22/h3-7,9,14-15H,8H2,1-2H3/b24-10+. The Bertz CT molecular complexity index is 822. The van der Waals surface area contributed by atoms with E-state index in [4.69, 9.17) is 21.2 Å². The Morgan fingerprint density at radius 2 is 1.96 bits per heavy atom. The molecule has 0 saturated heterocycles. The summed E-state index contributed by atoms with van der Waals surface area (Å²) in [6.07, 6.45) is -2.91. The van der Waals surface area contributed by atoms with Gasteiger partial charge in [0.1, 0.15) is 10.8 Å². The first-order valence-electron chi connectivity index (χ1n) is 7.87. The van der Waals surface area contributed by atoms with Crippen LogP contribution in [0, 0.1) is 5.92 Å². The summed E-state index contributed by atoms with van der Waals surface area (Å²) in [5.74, 6) is 1.20. The summed E-state index contributed by atoms with van der Waals surface area (Å²) in [7, 11) is 1.61. The summed E-state index contributed by atoms with van der Waals surface area (Å²) < 4.78 is 43.0. The van der Waals surface area contributed by atoms with E-state index in [-0.39, 0.29) is 16.8 Å². The van der Waals surface area contributed by atoms with Crippen molar-refractivity contribution >= 4 is 17.3 Å². The zero-order valence-corrected chi connectivity index (χ0v) is 14.8. The second-order valence-corrected chi connectivity index (χ2v) is 6.46. The number of halogens is 4. The van der Waals surface area contributed by atoms with Crippen LogP contribution in [0.25, 0.3) is 0 Å². The van der Waals surface area contributed by atoms with E-state index in [1.54, 1.807) is 7.11 Å². The molecule has 0 spiro atoms. The van der Waals surface area contributed by atoms with Crippen molar-refractivity contribution in [1.82, 2.24) is 4.98 Å². The molecule has 4 nitrogen and oxygen atoms in total. The van der Waals surface area contributed by atoms with Gasteiger partial charge in [0.05, 0.1) is 18.4 Å². The number of alkyl halides is 3. The van der Waals surface area contributed by atoms with Crippen molar-refractivity contribution in [2.45, 2.75) is 25.4 Å². The number of benzene rings is 1. The Morgan fingerprint density at radius 1 is 1.27 bits per heavy atom. The monoisotopic (exact) mass is 384 g/mol. The van der Waals surface area contributed by atoms with Crippen LogP contribution in [0.2, 0.25) is 5.02 Å². The van der Waals surface area contributed by atoms with Gasteiger partial charge in [-0.05, 0) is 43.0 Å². The van der Waals surface area contributed by atoms with Crippen LogP contribution in [-0.4, -0.2) is 17.8 Å². The molecule has 1 aromatic carbocycles. The Balaban J connectivity index is 1.64. The van der Waals surface area contributed by atoms with Gasteiger partial charge in [0.25, 0.3) is 5.88 Å². The molecule has 138 valence electrons. The van der Waals surface area contributed by atoms with Crippen LogP contribution < -0.4 is 9.57 Å². The van der Waals surface area contributed by atoms with Crippen LogP contribution in [0.5, 0.6) is 11.6 Å². The molecule has 0 amide bonds. The van der Waals surface area contributed by atoms with Gasteiger partial charge >= 0.3 is 6.18 Å². The van der Waals surface area contributed by atoms with Crippen molar-refractivity contribution in [3.8, 4) is 11.6 Å². The van der Waals surface area contributed by atoms with Crippen molar-refractivity contribution in [1.29, 1.82) is 0 Å². The molecule has 2 aromatic rings. The number of hydrogen-bond acceptors (Lipinski definition) is 4. The Kier molecular flexibility index (Phi) is 5.09. The molecule has 1 saturated carbocycles. The van der Waals surface area contributed by atoms with E-state index in [1.165, 1.54) is 5.56 Å². The van der Waals surface area contributed by atoms with Gasteiger partial charge in [0.15, 0.2) is 0 Å². The molecular formula is C18H16ClF3N2O2. The lowest BCUT2D eigenvalue weighted by atomic mass is 10.1. The molecule has 2 unspecified atom stereocenters. The summed E-state index contributed by atoms with van der Waals surface area (Å²) >= 11 is 5.80. The van der Waals surface area contributed by atoms with Gasteiger partial charge in [0.2, 0.25) is 0 Å². The van der Waals surface area contributed by atoms with Crippen LogP contribution in [0.1, 0.15) is 30.4 Å². The minimum Gasteiger partial charge on any atom is -0.497 e. The molecule has 26 heavy (non-hydrogen) atoms. The quantitative estimate of drug-likeness (QED) is 0.517. The highest BCUT2D eigenvalue weighted by molar-refractivity contribution is 6.31. The molecule has 3 rings (SSSR count). The van der Waals surface area contributed by atoms with Gasteiger partial charge in [0, 0.05) is 12.1 Å². The van der Waals surface area contributed by atoms with Gasteiger partial charge < -0.3 is 9.57 Å². The normalized spacial score (nSPS) is 20.0. The first kappa shape index (κ1) is 18.5. The fourth-order valence-electron chi connectivity index (χ4n) is 2.71. The van der Waals surface area contributed by atoms with E-state index >= 15 is 0 Å². The number of oxime groups is 1. The smallest absolute Gasteiger partial charge is 0.417 e. The van der Waals surface area contributed by atoms with Crippen LogP contribution in [-0.2, 0) is 6.18 Å². The molecule has 1 fully saturated rings. The Hall–Kier alpha value is -2.28. The minimum atomic E-state index is -4.51. The summed E-state index contributed by atoms with van der Waals surface area (Å²) in [5.41, 5.74) is 0.983. The van der Waals surface area contributed by atoms with Gasteiger partial charge in [-0.25, -0.2) is 4.98 Å². The molecule has 0 radical (unpaired) electrons. The van der Waals surface area contributed by atoms with Gasteiger partial charge in [-0.2, -0.15) is 13.2 Å². The zero-order chi connectivity index (χ0) is 18.9. The highest BCUT2D eigenvalue weighted by atomic mass is 35.5. The van der Waals surface area contributed by atoms with E-state index in [0.29, 0.717) is 12.1 Å². The Labute approximate surface area is 153 Å². The maximum Gasteiger partial charge on any atom is 0.417 e. The third-order valence-corrected chi connectivity index (χ3v) is 4.55. The summed E-state index contributed by atoms with van der Waals surface area (Å²) in [4.78, 5) is 8.74. The lowest BCUT2D eigenvalue weighted by Crippen LogP contribution is -2.06. The van der Waals surface area contributed by atoms with Gasteiger partial charge in [-0.3, -0.25) is 0 Å². The largest absolute Gasteiger partial charge is 0.497 e. The number of aromatic nitrogens is 1. The van der Waals surface area contributed by atoms with Crippen molar-refractivity contribution in [3.05, 3.63) is 52.7 Å². The molecule has 1 aliphatic rings. The molecule has 1 aliphatic carbocycles. The summed E-state index contributed by atoms with van der Waals surface area (Å²) in [6.45, 7) is 1.81. The predicted octanol–water partition coefficient (Wildman–Crippen LogP) is 5.32. The molecule has 1 heterocycles. The lowest BCUT2D eigenvalue weighted by molar-refractivity contribution is -0.137. The lowest BCUT2D eigenvalue weighted by Gasteiger charge is -2.08. The molecular weight excluding hydrogens is 369 g/mol. The van der Waals surface area contributed by atoms with E-state index in [9.17, 15) is 13.2 Å². The number of ether oxygens (including phenoxy) is 1. The second-order valence-electron chi connectivity index (χ2n) is 6.05. The first-order valence-corrected chi connectivity index (χ1v) is 8.25. The van der Waals surface area contributed by atoms with Crippen LogP contribution in [0.3, 0.4) is 0 Å². The molecule has 0 aliphatic heterocycles. The van der Waals surface area contributed by atoms with Crippen LogP contribution in [0.4, 0.5) is 13.2 Å². The third-order valence-electron chi connectivity index (χ3n) is 4.28. The van der Waals surface area contributed by atoms with Crippen molar-refractivity contribution in [2.24, 2.45) is 11.1 Å². The average Bonchev–Trinajstić information content (AvgIpc) is 3.40. The molecule has 0 N–H and O–H groups in total. The van der Waals surface area contributed by atoms with Crippen LogP contribution >= 0.6 is 11.6 Å². The van der Waals surface area contributed by atoms with E-state index in [0.717, 1.165) is 23.9 Å². The van der Waals surface area contributed by atoms with E-state index in [1.807, 2.05) is 31.2 Å². The van der Waals surface area contributed by atoms with Crippen LogP contribution in [0.15, 0.2) is 41.7 Å². The SMILES string of the molecule is COc1ccc(C2CC2/C(C)=N/Oc2ncc(C(F)(F)F)cc2Cl)cc1. The van der Waals surface area contributed by atoms with Gasteiger partial charge in [-0.15, -0.1) is 0 Å². The average molecular weight is 385 g/mol. The summed E-state index contributed by atoms with van der Waals surface area (Å²) in [5, 5.41) is 3.75. The minimum absolute atomic E-state index is 0.152. The first-order chi connectivity index (χ1) is 12.3. The zero-order valence-electron chi connectivity index (χ0n) is 14.0. The molecule has 0 bridgehead atoms. The highest BCUT2D eigenvalue weighted by Gasteiger charge is 2.41. The Morgan fingerprint density at radius 3 is 2.54 bits per heavy atom. The van der Waals surface area contributed by atoms with Gasteiger partial charge in [-0.1, -0.05) is 28.9 Å². The number of rotatable bonds is 5. The fourth-order valence-corrected chi connectivity index (χ4v) is 2.91. The van der Waals surface area contributed by atoms with Crippen molar-refractivity contribution in [2.75, 3.05) is 7.11 Å². The van der Waals surface area contributed by atoms with Crippen molar-refractivity contribution < 1.29 is 22.7 Å². The maximum absolute atomic E-state index is 12.6. The maximum atomic E-state index is 12.6. The number of methoxy groups -OCH3 is 1. The topological polar surface area (TPSA) is 43.7 Å². The molecule has 8 heteroatoms. The molecule has 2 atom stereocenters. The number of nitrogens with zero attached hydrogens (tertiary/aromatic N) is 2. The highest BCUT2D eigenvalue weighted by Crippen LogP contribution is 2.48. The number of hydrogen-bond donors (Lipinski definition) is 0. The van der Waals surface area contributed by atoms with E-state index in [2.05, 4.69) is 10.1 Å². The predicted molar refractivity (Wildman–Crippen MR) is 91.8 cm³/mol. The molecule has 1 aromatic heterocycles. The van der Waals surface area contributed by atoms with E-state index < -0.39 is 11.7 Å². The summed E-state index contributed by atoms with van der Waals surface area (Å²) in [6, 6.07) is 8.59. The third kappa shape index (κ3) is 4.09. The number of pyridine rings is 1.